The molecule has 1 N–H and O–H groups in total. The molecule has 1 aliphatic rings. The summed E-state index contributed by atoms with van der Waals surface area (Å²) in [5.74, 6) is 3.70. The lowest BCUT2D eigenvalue weighted by molar-refractivity contribution is 0.146. The van der Waals surface area contributed by atoms with Crippen LogP contribution in [-0.2, 0) is 23.1 Å². The summed E-state index contributed by atoms with van der Waals surface area (Å²) in [5.41, 5.74) is 5.48. The van der Waals surface area contributed by atoms with Gasteiger partial charge in [-0.2, -0.15) is 14.3 Å². The Morgan fingerprint density at radius 2 is 1.47 bits per heavy atom. The molecule has 0 amide bonds. The number of hydrogen-bond acceptors (Lipinski definition) is 12. The first kappa shape index (κ1) is 37.6. The number of nitrogens with one attached hydrogen (secondary N) is 1. The second-order valence-electron chi connectivity index (χ2n) is 13.6. The van der Waals surface area contributed by atoms with Crippen LogP contribution in [0.5, 0.6) is 11.5 Å². The van der Waals surface area contributed by atoms with Crippen molar-refractivity contribution in [3.63, 3.8) is 0 Å². The van der Waals surface area contributed by atoms with Gasteiger partial charge in [0.25, 0.3) is 0 Å². The Hall–Kier alpha value is -5.70. The monoisotopic (exact) mass is 759 g/mol. The van der Waals surface area contributed by atoms with E-state index in [0.29, 0.717) is 68.2 Å². The molecule has 14 heteroatoms. The van der Waals surface area contributed by atoms with Gasteiger partial charge in [-0.15, -0.1) is 0 Å². The summed E-state index contributed by atoms with van der Waals surface area (Å²) >= 11 is 0. The molecule has 1 fully saturated rings. The molecule has 0 radical (unpaired) electrons. The highest BCUT2D eigenvalue weighted by atomic mass is 32.2. The zero-order valence-electron chi connectivity index (χ0n) is 31.7. The zero-order valence-corrected chi connectivity index (χ0v) is 32.5. The van der Waals surface area contributed by atoms with E-state index in [1.54, 1.807) is 20.4 Å². The Kier molecular flexibility index (Phi) is 11.2. The molecule has 284 valence electrons. The molecule has 13 nitrogen and oxygen atoms in total. The molecule has 3 aromatic heterocycles. The van der Waals surface area contributed by atoms with Gasteiger partial charge < -0.3 is 19.7 Å². The maximum absolute atomic E-state index is 12.2. The largest absolute Gasteiger partial charge is 0.497 e. The second-order valence-corrected chi connectivity index (χ2v) is 15.6. The van der Waals surface area contributed by atoms with Gasteiger partial charge in [0, 0.05) is 68.8 Å². The third kappa shape index (κ3) is 8.99. The summed E-state index contributed by atoms with van der Waals surface area (Å²) in [6.07, 6.45) is 4.91. The van der Waals surface area contributed by atoms with Crippen molar-refractivity contribution in [2.24, 2.45) is 0 Å². The van der Waals surface area contributed by atoms with Crippen LogP contribution < -0.4 is 19.7 Å². The topological polar surface area (TPSA) is 139 Å². The molecular weight excluding hydrogens is 715 g/mol. The van der Waals surface area contributed by atoms with E-state index < -0.39 is 10.0 Å². The fourth-order valence-corrected chi connectivity index (χ4v) is 7.55. The number of piperazine rings is 1. The molecule has 4 heterocycles. The van der Waals surface area contributed by atoms with E-state index in [1.807, 2.05) is 92.0 Å². The first-order chi connectivity index (χ1) is 26.6. The van der Waals surface area contributed by atoms with Gasteiger partial charge in [-0.3, -0.25) is 9.88 Å². The molecule has 0 spiro atoms. The maximum Gasteiger partial charge on any atom is 0.229 e. The van der Waals surface area contributed by atoms with Crippen LogP contribution in [0.3, 0.4) is 0 Å². The lowest BCUT2D eigenvalue weighted by atomic mass is 10.0. The molecule has 6 aromatic rings. The van der Waals surface area contributed by atoms with E-state index >= 15 is 0 Å². The number of sulfonamides is 1. The number of hydrogen-bond donors (Lipinski definition) is 1. The lowest BCUT2D eigenvalue weighted by Crippen LogP contribution is -2.48. The normalized spacial score (nSPS) is 14.4. The summed E-state index contributed by atoms with van der Waals surface area (Å²) in [6, 6.07) is 28.0. The predicted octanol–water partition coefficient (Wildman–Crippen LogP) is 6.40. The SMILES string of the molecule is COc1ccc(CN(Cc2ccc(OC)cc2)c2nc(C)nc(-c3cc([C@@H](C)N4CCN(S(C)(=O)=O)CC4)cnc3Nc3ccc4cccnc4c3)n2)cc1. The smallest absolute Gasteiger partial charge is 0.229 e. The minimum absolute atomic E-state index is 0.0454. The minimum atomic E-state index is -3.25. The third-order valence-electron chi connectivity index (χ3n) is 9.87. The summed E-state index contributed by atoms with van der Waals surface area (Å²) in [7, 11) is 0.0634. The van der Waals surface area contributed by atoms with Gasteiger partial charge >= 0.3 is 0 Å². The number of anilines is 3. The van der Waals surface area contributed by atoms with Crippen LogP contribution in [-0.4, -0.2) is 89.2 Å². The molecule has 3 aromatic carbocycles. The van der Waals surface area contributed by atoms with Crippen molar-refractivity contribution in [2.45, 2.75) is 33.0 Å². The number of rotatable bonds is 13. The van der Waals surface area contributed by atoms with Crippen LogP contribution in [0.15, 0.2) is 97.3 Å². The van der Waals surface area contributed by atoms with Crippen molar-refractivity contribution in [2.75, 3.05) is 56.9 Å². The van der Waals surface area contributed by atoms with Gasteiger partial charge in [0.15, 0.2) is 5.82 Å². The van der Waals surface area contributed by atoms with E-state index in [0.717, 1.165) is 44.8 Å². The fourth-order valence-electron chi connectivity index (χ4n) is 6.72. The highest BCUT2D eigenvalue weighted by Gasteiger charge is 2.28. The Morgan fingerprint density at radius 3 is 2.09 bits per heavy atom. The van der Waals surface area contributed by atoms with Gasteiger partial charge in [-0.05, 0) is 79.1 Å². The molecule has 55 heavy (non-hydrogen) atoms. The number of pyridine rings is 2. The van der Waals surface area contributed by atoms with Gasteiger partial charge in [0.1, 0.15) is 23.1 Å². The van der Waals surface area contributed by atoms with Crippen LogP contribution in [0.1, 0.15) is 35.5 Å². The summed E-state index contributed by atoms with van der Waals surface area (Å²) in [4.78, 5) is 28.8. The molecule has 1 atom stereocenters. The molecule has 7 rings (SSSR count). The Labute approximate surface area is 322 Å². The molecule has 1 saturated heterocycles. The molecule has 0 bridgehead atoms. The number of nitrogens with zero attached hydrogens (tertiary/aromatic N) is 8. The quantitative estimate of drug-likeness (QED) is 0.140. The Morgan fingerprint density at radius 1 is 0.818 bits per heavy atom. The third-order valence-corrected chi connectivity index (χ3v) is 11.2. The molecule has 0 aliphatic carbocycles. The van der Waals surface area contributed by atoms with Crippen molar-refractivity contribution >= 4 is 38.4 Å². The van der Waals surface area contributed by atoms with Gasteiger partial charge in [-0.1, -0.05) is 36.4 Å². The predicted molar refractivity (Wildman–Crippen MR) is 215 cm³/mol. The highest BCUT2D eigenvalue weighted by Crippen LogP contribution is 2.33. The van der Waals surface area contributed by atoms with Gasteiger partial charge in [0.05, 0.1) is 31.6 Å². The number of benzene rings is 3. The number of methoxy groups -OCH3 is 2. The van der Waals surface area contributed by atoms with Crippen LogP contribution >= 0.6 is 0 Å². The van der Waals surface area contributed by atoms with E-state index in [2.05, 4.69) is 33.1 Å². The molecular formula is C41H45N9O4S. The maximum atomic E-state index is 12.2. The van der Waals surface area contributed by atoms with Crippen LogP contribution in [0.2, 0.25) is 0 Å². The fraction of sp³-hybridized carbons (Fsp3) is 0.293. The number of aryl methyl sites for hydroxylation is 1. The van der Waals surface area contributed by atoms with Gasteiger partial charge in [0.2, 0.25) is 16.0 Å². The van der Waals surface area contributed by atoms with Crippen LogP contribution in [0.4, 0.5) is 17.5 Å². The lowest BCUT2D eigenvalue weighted by Gasteiger charge is -2.37. The molecule has 0 unspecified atom stereocenters. The van der Waals surface area contributed by atoms with E-state index in [1.165, 1.54) is 10.6 Å². The van der Waals surface area contributed by atoms with Crippen LogP contribution in [0.25, 0.3) is 22.3 Å². The van der Waals surface area contributed by atoms with Gasteiger partial charge in [-0.25, -0.2) is 18.4 Å². The first-order valence-electron chi connectivity index (χ1n) is 18.1. The van der Waals surface area contributed by atoms with Crippen molar-refractivity contribution < 1.29 is 17.9 Å². The minimum Gasteiger partial charge on any atom is -0.497 e. The average Bonchev–Trinajstić information content (AvgIpc) is 3.20. The van der Waals surface area contributed by atoms with Crippen molar-refractivity contribution in [3.8, 4) is 22.9 Å². The first-order valence-corrected chi connectivity index (χ1v) is 20.0. The average molecular weight is 760 g/mol. The Balaban J connectivity index is 1.28. The summed E-state index contributed by atoms with van der Waals surface area (Å²) < 4.78 is 36.8. The second kappa shape index (κ2) is 16.3. The number of fused-ring (bicyclic) bond motifs is 1. The molecule has 0 saturated carbocycles. The Bertz CT molecular complexity index is 2320. The summed E-state index contributed by atoms with van der Waals surface area (Å²) in [5, 5.41) is 4.56. The van der Waals surface area contributed by atoms with E-state index in [-0.39, 0.29) is 6.04 Å². The highest BCUT2D eigenvalue weighted by molar-refractivity contribution is 7.88. The summed E-state index contributed by atoms with van der Waals surface area (Å²) in [6.45, 7) is 7.14. The zero-order chi connectivity index (χ0) is 38.5. The van der Waals surface area contributed by atoms with E-state index in [9.17, 15) is 8.42 Å². The standard InChI is InChI=1S/C41H45N9O4S/c1-28(48-19-21-50(22-20-48)55(5,51)52)33-23-37(39(43-25-33)46-34-13-12-32-7-6-18-42-38(32)24-34)40-44-29(2)45-41(47-40)49(26-30-8-14-35(53-3)15-9-30)27-31-10-16-36(54-4)17-11-31/h6-18,23-25,28H,19-22,26-27H2,1-5H3,(H,43,46)/t28-/m1/s1. The van der Waals surface area contributed by atoms with Crippen molar-refractivity contribution in [1.82, 2.24) is 34.1 Å². The van der Waals surface area contributed by atoms with E-state index in [4.69, 9.17) is 29.4 Å². The van der Waals surface area contributed by atoms with Crippen molar-refractivity contribution in [3.05, 3.63) is 120 Å². The van der Waals surface area contributed by atoms with Crippen LogP contribution in [0, 0.1) is 6.92 Å². The van der Waals surface area contributed by atoms with Crippen molar-refractivity contribution in [1.29, 1.82) is 0 Å². The molecule has 1 aliphatic heterocycles. The number of ether oxygens (including phenoxy) is 2. The number of aromatic nitrogens is 5.